The molecule has 2 atom stereocenters. The molecule has 1 aliphatic carbocycles. The van der Waals surface area contributed by atoms with E-state index in [1.807, 2.05) is 24.3 Å². The van der Waals surface area contributed by atoms with Gasteiger partial charge in [0.15, 0.2) is 0 Å². The zero-order valence-electron chi connectivity index (χ0n) is 12.4. The minimum absolute atomic E-state index is 0.162. The highest BCUT2D eigenvalue weighted by Gasteiger charge is 2.49. The summed E-state index contributed by atoms with van der Waals surface area (Å²) in [5.41, 5.74) is 0.297. The van der Waals surface area contributed by atoms with Crippen molar-refractivity contribution in [3.05, 3.63) is 24.3 Å². The first-order chi connectivity index (χ1) is 9.66. The lowest BCUT2D eigenvalue weighted by Gasteiger charge is -2.34. The highest BCUT2D eigenvalue weighted by Crippen LogP contribution is 2.41. The summed E-state index contributed by atoms with van der Waals surface area (Å²) in [6.07, 6.45) is 3.88. The lowest BCUT2D eigenvalue weighted by atomic mass is 9.84. The van der Waals surface area contributed by atoms with E-state index in [0.717, 1.165) is 37.1 Å². The van der Waals surface area contributed by atoms with Gasteiger partial charge in [0.1, 0.15) is 11.3 Å². The molecule has 1 aromatic carbocycles. The Hall–Kier alpha value is -1.71. The smallest absolute Gasteiger partial charge is 0.331 e. The van der Waals surface area contributed by atoms with Crippen LogP contribution in [-0.4, -0.2) is 25.7 Å². The molecule has 0 amide bonds. The van der Waals surface area contributed by atoms with Crippen molar-refractivity contribution in [1.82, 2.24) is 0 Å². The van der Waals surface area contributed by atoms with E-state index in [0.29, 0.717) is 5.92 Å². The first-order valence-electron chi connectivity index (χ1n) is 7.17. The van der Waals surface area contributed by atoms with Gasteiger partial charge in [-0.1, -0.05) is 25.8 Å². The van der Waals surface area contributed by atoms with Gasteiger partial charge in [-0.05, 0) is 30.9 Å². The molecule has 1 saturated carbocycles. The Bertz CT molecular complexity index is 475. The largest absolute Gasteiger partial charge is 0.497 e. The van der Waals surface area contributed by atoms with Crippen molar-refractivity contribution in [3.63, 3.8) is 0 Å². The zero-order valence-corrected chi connectivity index (χ0v) is 12.4. The van der Waals surface area contributed by atoms with Crippen LogP contribution in [0, 0.1) is 5.92 Å². The van der Waals surface area contributed by atoms with Gasteiger partial charge in [-0.2, -0.15) is 0 Å². The maximum Gasteiger partial charge on any atom is 0.331 e. The molecule has 4 heteroatoms. The summed E-state index contributed by atoms with van der Waals surface area (Å²) in [4.78, 5) is 12.3. The first kappa shape index (κ1) is 14.7. The molecule has 0 aliphatic heterocycles. The van der Waals surface area contributed by atoms with Crippen molar-refractivity contribution < 1.29 is 14.3 Å². The van der Waals surface area contributed by atoms with E-state index in [-0.39, 0.29) is 5.97 Å². The Balaban J connectivity index is 2.30. The molecule has 1 N–H and O–H groups in total. The lowest BCUT2D eigenvalue weighted by molar-refractivity contribution is -0.147. The van der Waals surface area contributed by atoms with Crippen LogP contribution in [0.1, 0.15) is 32.6 Å². The summed E-state index contributed by atoms with van der Waals surface area (Å²) < 4.78 is 10.3. The molecule has 110 valence electrons. The summed E-state index contributed by atoms with van der Waals surface area (Å²) in [6.45, 7) is 2.13. The van der Waals surface area contributed by atoms with Crippen LogP contribution >= 0.6 is 0 Å². The Kier molecular flexibility index (Phi) is 4.53. The van der Waals surface area contributed by atoms with Gasteiger partial charge >= 0.3 is 5.97 Å². The maximum absolute atomic E-state index is 12.3. The molecule has 0 aromatic heterocycles. The van der Waals surface area contributed by atoms with Gasteiger partial charge in [0.25, 0.3) is 0 Å². The second kappa shape index (κ2) is 6.16. The number of rotatable bonds is 5. The van der Waals surface area contributed by atoms with Crippen LogP contribution in [0.25, 0.3) is 0 Å². The van der Waals surface area contributed by atoms with Gasteiger partial charge in [0, 0.05) is 11.8 Å². The van der Waals surface area contributed by atoms with Crippen LogP contribution in [0.4, 0.5) is 5.69 Å². The van der Waals surface area contributed by atoms with Crippen LogP contribution in [-0.2, 0) is 9.53 Å². The van der Waals surface area contributed by atoms with E-state index in [1.165, 1.54) is 7.11 Å². The zero-order chi connectivity index (χ0) is 14.6. The third-order valence-corrected chi connectivity index (χ3v) is 4.30. The summed E-state index contributed by atoms with van der Waals surface area (Å²) in [5.74, 6) is 0.923. The molecule has 0 saturated heterocycles. The van der Waals surface area contributed by atoms with E-state index in [2.05, 4.69) is 12.2 Å². The predicted molar refractivity (Wildman–Crippen MR) is 79.0 cm³/mol. The second-order valence-corrected chi connectivity index (χ2v) is 5.32. The molecule has 1 aliphatic rings. The number of ether oxygens (including phenoxy) is 2. The van der Waals surface area contributed by atoms with Crippen LogP contribution in [0.5, 0.6) is 5.75 Å². The highest BCUT2D eigenvalue weighted by atomic mass is 16.5. The number of esters is 1. The SMILES string of the molecule is CCC1CCCC1(Nc1cccc(OC)c1)C(=O)OC. The van der Waals surface area contributed by atoms with Crippen molar-refractivity contribution in [2.24, 2.45) is 5.92 Å². The molecule has 1 aromatic rings. The molecular formula is C16H23NO3. The molecular weight excluding hydrogens is 254 g/mol. The highest BCUT2D eigenvalue weighted by molar-refractivity contribution is 5.85. The fourth-order valence-corrected chi connectivity index (χ4v) is 3.26. The monoisotopic (exact) mass is 277 g/mol. The van der Waals surface area contributed by atoms with Crippen molar-refractivity contribution in [2.75, 3.05) is 19.5 Å². The Labute approximate surface area is 120 Å². The molecule has 0 radical (unpaired) electrons. The Morgan fingerprint density at radius 1 is 1.45 bits per heavy atom. The summed E-state index contributed by atoms with van der Waals surface area (Å²) >= 11 is 0. The standard InChI is InChI=1S/C16H23NO3/c1-4-12-7-6-10-16(12,15(18)20-3)17-13-8-5-9-14(11-13)19-2/h5,8-9,11-12,17H,4,6-7,10H2,1-3H3. The Morgan fingerprint density at radius 3 is 2.90 bits per heavy atom. The van der Waals surface area contributed by atoms with Gasteiger partial charge in [0.05, 0.1) is 14.2 Å². The molecule has 4 nitrogen and oxygen atoms in total. The molecule has 2 unspecified atom stereocenters. The summed E-state index contributed by atoms with van der Waals surface area (Å²) in [6, 6.07) is 7.68. The van der Waals surface area contributed by atoms with Gasteiger partial charge in [0.2, 0.25) is 0 Å². The van der Waals surface area contributed by atoms with Crippen LogP contribution in [0.15, 0.2) is 24.3 Å². The van der Waals surface area contributed by atoms with Crippen LogP contribution < -0.4 is 10.1 Å². The molecule has 2 rings (SSSR count). The average molecular weight is 277 g/mol. The van der Waals surface area contributed by atoms with Crippen molar-refractivity contribution in [3.8, 4) is 5.75 Å². The first-order valence-corrected chi connectivity index (χ1v) is 7.17. The van der Waals surface area contributed by atoms with Crippen molar-refractivity contribution >= 4 is 11.7 Å². The molecule has 20 heavy (non-hydrogen) atoms. The topological polar surface area (TPSA) is 47.6 Å². The quantitative estimate of drug-likeness (QED) is 0.839. The van der Waals surface area contributed by atoms with E-state index in [9.17, 15) is 4.79 Å². The third-order valence-electron chi connectivity index (χ3n) is 4.30. The van der Waals surface area contributed by atoms with Crippen LogP contribution in [0.3, 0.4) is 0 Å². The molecule has 1 fully saturated rings. The molecule has 0 spiro atoms. The van der Waals surface area contributed by atoms with Gasteiger partial charge < -0.3 is 14.8 Å². The maximum atomic E-state index is 12.3. The average Bonchev–Trinajstić information content (AvgIpc) is 2.90. The van der Waals surface area contributed by atoms with Crippen molar-refractivity contribution in [2.45, 2.75) is 38.1 Å². The number of hydrogen-bond acceptors (Lipinski definition) is 4. The Morgan fingerprint density at radius 2 is 2.25 bits per heavy atom. The predicted octanol–water partition coefficient (Wildman–Crippen LogP) is 3.23. The lowest BCUT2D eigenvalue weighted by Crippen LogP contribution is -2.50. The normalized spacial score (nSPS) is 25.2. The number of carbonyl (C=O) groups is 1. The van der Waals surface area contributed by atoms with E-state index < -0.39 is 5.54 Å². The van der Waals surface area contributed by atoms with E-state index in [4.69, 9.17) is 9.47 Å². The minimum Gasteiger partial charge on any atom is -0.497 e. The van der Waals surface area contributed by atoms with Gasteiger partial charge in [-0.25, -0.2) is 4.79 Å². The van der Waals surface area contributed by atoms with E-state index in [1.54, 1.807) is 7.11 Å². The number of carbonyl (C=O) groups excluding carboxylic acids is 1. The van der Waals surface area contributed by atoms with Gasteiger partial charge in [-0.15, -0.1) is 0 Å². The molecule has 0 heterocycles. The third kappa shape index (κ3) is 2.60. The number of hydrogen-bond donors (Lipinski definition) is 1. The fraction of sp³-hybridized carbons (Fsp3) is 0.562. The minimum atomic E-state index is -0.601. The number of nitrogens with one attached hydrogen (secondary N) is 1. The number of benzene rings is 1. The van der Waals surface area contributed by atoms with Crippen molar-refractivity contribution in [1.29, 1.82) is 0 Å². The van der Waals surface area contributed by atoms with E-state index >= 15 is 0 Å². The number of methoxy groups -OCH3 is 2. The van der Waals surface area contributed by atoms with Crippen LogP contribution in [0.2, 0.25) is 0 Å². The molecule has 0 bridgehead atoms. The summed E-state index contributed by atoms with van der Waals surface area (Å²) in [5, 5.41) is 3.43. The second-order valence-electron chi connectivity index (χ2n) is 5.32. The fourth-order valence-electron chi connectivity index (χ4n) is 3.26. The summed E-state index contributed by atoms with van der Waals surface area (Å²) in [7, 11) is 3.10. The van der Waals surface area contributed by atoms with Gasteiger partial charge in [-0.3, -0.25) is 0 Å². The number of anilines is 1.